The minimum Gasteiger partial charge on any atom is -0.279 e. The number of hydrogen-bond donors (Lipinski definition) is 1. The molecule has 0 atom stereocenters. The summed E-state index contributed by atoms with van der Waals surface area (Å²) in [5.74, 6) is 0. The highest BCUT2D eigenvalue weighted by atomic mass is 35.5. The molecule has 106 valence electrons. The molecular weight excluding hydrogens is 327 g/mol. The Morgan fingerprint density at radius 3 is 2.79 bits per heavy atom. The summed E-state index contributed by atoms with van der Waals surface area (Å²) in [6, 6.07) is 0. The van der Waals surface area contributed by atoms with E-state index in [0.29, 0.717) is 4.96 Å². The number of fused-ring (bicyclic) bond motifs is 1. The van der Waals surface area contributed by atoms with E-state index in [1.54, 1.807) is 5.38 Å². The molecule has 0 unspecified atom stereocenters. The minimum absolute atomic E-state index is 0.272. The maximum absolute atomic E-state index is 12.0. The van der Waals surface area contributed by atoms with Crippen LogP contribution in [-0.4, -0.2) is 30.5 Å². The number of hydrogen-bond acceptors (Lipinski definition) is 4. The van der Waals surface area contributed by atoms with Gasteiger partial charge < -0.3 is 0 Å². The van der Waals surface area contributed by atoms with Crippen molar-refractivity contribution in [3.05, 3.63) is 16.7 Å². The van der Waals surface area contributed by atoms with Crippen LogP contribution in [0.15, 0.2) is 16.6 Å². The number of imidazole rings is 1. The van der Waals surface area contributed by atoms with Crippen LogP contribution in [0.5, 0.6) is 0 Å². The van der Waals surface area contributed by atoms with E-state index in [1.807, 2.05) is 4.72 Å². The maximum atomic E-state index is 12.0. The van der Waals surface area contributed by atoms with E-state index < -0.39 is 29.2 Å². The third-order valence-electron chi connectivity index (χ3n) is 2.13. The largest absolute Gasteiger partial charge is 0.390 e. The summed E-state index contributed by atoms with van der Waals surface area (Å²) in [6.07, 6.45) is -4.26. The van der Waals surface area contributed by atoms with Crippen LogP contribution in [0.25, 0.3) is 4.96 Å². The lowest BCUT2D eigenvalue weighted by Crippen LogP contribution is -2.29. The first-order valence-electron chi connectivity index (χ1n) is 4.88. The maximum Gasteiger partial charge on any atom is 0.390 e. The first kappa shape index (κ1) is 14.6. The topological polar surface area (TPSA) is 63.5 Å². The highest BCUT2D eigenvalue weighted by Crippen LogP contribution is 2.25. The van der Waals surface area contributed by atoms with Crippen LogP contribution >= 0.6 is 22.9 Å². The van der Waals surface area contributed by atoms with Crippen LogP contribution in [0.1, 0.15) is 6.42 Å². The summed E-state index contributed by atoms with van der Waals surface area (Å²) in [5, 5.41) is 0.965. The van der Waals surface area contributed by atoms with Crippen LogP contribution < -0.4 is 4.72 Å². The fourth-order valence-electron chi connectivity index (χ4n) is 1.37. The molecule has 0 bridgehead atoms. The molecule has 0 aliphatic heterocycles. The molecule has 0 saturated carbocycles. The van der Waals surface area contributed by atoms with Crippen LogP contribution in [0, 0.1) is 0 Å². The van der Waals surface area contributed by atoms with Crippen LogP contribution in [-0.2, 0) is 10.0 Å². The predicted molar refractivity (Wildman–Crippen MR) is 63.9 cm³/mol. The molecule has 2 aromatic rings. The molecule has 0 aliphatic rings. The second-order valence-electron chi connectivity index (χ2n) is 3.53. The number of sulfonamides is 1. The van der Waals surface area contributed by atoms with Crippen LogP contribution in [0.3, 0.4) is 0 Å². The first-order chi connectivity index (χ1) is 8.71. The molecule has 0 fully saturated rings. The smallest absolute Gasteiger partial charge is 0.279 e. The molecule has 11 heteroatoms. The second-order valence-corrected chi connectivity index (χ2v) is 6.44. The number of nitrogens with one attached hydrogen (secondary N) is 1. The van der Waals surface area contributed by atoms with Crippen molar-refractivity contribution < 1.29 is 21.6 Å². The zero-order chi connectivity index (χ0) is 14.3. The van der Waals surface area contributed by atoms with Crippen molar-refractivity contribution in [1.29, 1.82) is 0 Å². The van der Waals surface area contributed by atoms with Gasteiger partial charge in [0.25, 0.3) is 10.0 Å². The fourth-order valence-corrected chi connectivity index (χ4v) is 3.85. The Bertz CT molecular complexity index is 692. The SMILES string of the molecule is O=S(=O)(NCCC(F)(F)F)c1c(Cl)nc2sccn12. The van der Waals surface area contributed by atoms with E-state index in [2.05, 4.69) is 4.98 Å². The number of aromatic nitrogens is 2. The predicted octanol–water partition coefficient (Wildman–Crippen LogP) is 2.28. The Hall–Kier alpha value is -0.840. The van der Waals surface area contributed by atoms with E-state index >= 15 is 0 Å². The zero-order valence-electron chi connectivity index (χ0n) is 9.11. The Morgan fingerprint density at radius 1 is 1.47 bits per heavy atom. The average Bonchev–Trinajstić information content (AvgIpc) is 2.73. The molecule has 19 heavy (non-hydrogen) atoms. The van der Waals surface area contributed by atoms with Gasteiger partial charge in [0.15, 0.2) is 15.1 Å². The van der Waals surface area contributed by atoms with Crippen molar-refractivity contribution in [2.24, 2.45) is 0 Å². The number of halogens is 4. The summed E-state index contributed by atoms with van der Waals surface area (Å²) in [7, 11) is -4.14. The van der Waals surface area contributed by atoms with Gasteiger partial charge in [0, 0.05) is 18.1 Å². The highest BCUT2D eigenvalue weighted by molar-refractivity contribution is 7.89. The van der Waals surface area contributed by atoms with Crippen molar-refractivity contribution in [3.8, 4) is 0 Å². The van der Waals surface area contributed by atoms with E-state index in [0.717, 1.165) is 11.3 Å². The van der Waals surface area contributed by atoms with Gasteiger partial charge in [-0.25, -0.2) is 18.1 Å². The normalized spacial score (nSPS) is 13.3. The van der Waals surface area contributed by atoms with Crippen molar-refractivity contribution in [1.82, 2.24) is 14.1 Å². The quantitative estimate of drug-likeness (QED) is 0.933. The van der Waals surface area contributed by atoms with Crippen molar-refractivity contribution in [3.63, 3.8) is 0 Å². The summed E-state index contributed by atoms with van der Waals surface area (Å²) < 4.78 is 62.8. The number of alkyl halides is 3. The number of rotatable bonds is 4. The van der Waals surface area contributed by atoms with Gasteiger partial charge in [-0.15, -0.1) is 11.3 Å². The molecule has 2 rings (SSSR count). The van der Waals surface area contributed by atoms with Gasteiger partial charge in [-0.3, -0.25) is 4.40 Å². The van der Waals surface area contributed by atoms with Crippen molar-refractivity contribution in [2.45, 2.75) is 17.6 Å². The molecule has 5 nitrogen and oxygen atoms in total. The van der Waals surface area contributed by atoms with E-state index in [1.165, 1.54) is 10.6 Å². The Morgan fingerprint density at radius 2 is 2.16 bits per heavy atom. The third-order valence-corrected chi connectivity index (χ3v) is 4.75. The van der Waals surface area contributed by atoms with Crippen LogP contribution in [0.4, 0.5) is 13.2 Å². The van der Waals surface area contributed by atoms with Gasteiger partial charge in [-0.05, 0) is 0 Å². The van der Waals surface area contributed by atoms with Gasteiger partial charge in [0.1, 0.15) is 0 Å². The lowest BCUT2D eigenvalue weighted by atomic mass is 10.4. The van der Waals surface area contributed by atoms with Gasteiger partial charge >= 0.3 is 6.18 Å². The standard InChI is InChI=1S/C8H7ClF3N3O2S2/c9-5-6(15-3-4-18-7(15)14-5)19(16,17)13-2-1-8(10,11)12/h3-4,13H,1-2H2. The van der Waals surface area contributed by atoms with Crippen molar-refractivity contribution in [2.75, 3.05) is 6.54 Å². The molecule has 0 aromatic carbocycles. The molecule has 0 aliphatic carbocycles. The van der Waals surface area contributed by atoms with Gasteiger partial charge in [0.2, 0.25) is 0 Å². The third kappa shape index (κ3) is 3.19. The molecule has 0 amide bonds. The molecule has 1 N–H and O–H groups in total. The summed E-state index contributed by atoms with van der Waals surface area (Å²) >= 11 is 6.86. The Balaban J connectivity index is 2.24. The molecule has 0 spiro atoms. The monoisotopic (exact) mass is 333 g/mol. The average molecular weight is 334 g/mol. The molecule has 2 aromatic heterocycles. The lowest BCUT2D eigenvalue weighted by Gasteiger charge is -2.08. The van der Waals surface area contributed by atoms with Gasteiger partial charge in [-0.2, -0.15) is 13.2 Å². The van der Waals surface area contributed by atoms with Gasteiger partial charge in [-0.1, -0.05) is 11.6 Å². The van der Waals surface area contributed by atoms with Crippen molar-refractivity contribution >= 4 is 37.9 Å². The number of thiazole rings is 1. The van der Waals surface area contributed by atoms with Crippen LogP contribution in [0.2, 0.25) is 5.15 Å². The summed E-state index contributed by atoms with van der Waals surface area (Å²) in [4.78, 5) is 4.15. The lowest BCUT2D eigenvalue weighted by molar-refractivity contribution is -0.132. The molecule has 2 heterocycles. The van der Waals surface area contributed by atoms with E-state index in [9.17, 15) is 21.6 Å². The van der Waals surface area contributed by atoms with Gasteiger partial charge in [0.05, 0.1) is 6.42 Å². The molecule has 0 saturated heterocycles. The first-order valence-corrected chi connectivity index (χ1v) is 7.62. The van der Waals surface area contributed by atoms with E-state index in [4.69, 9.17) is 11.6 Å². The Kier molecular flexibility index (Phi) is 3.78. The fraction of sp³-hybridized carbons (Fsp3) is 0.375. The highest BCUT2D eigenvalue weighted by Gasteiger charge is 2.29. The molecular formula is C8H7ClF3N3O2S2. The molecule has 0 radical (unpaired) electrons. The number of nitrogens with zero attached hydrogens (tertiary/aromatic N) is 2. The summed E-state index contributed by atoms with van der Waals surface area (Å²) in [6.45, 7) is -0.750. The Labute approximate surface area is 115 Å². The second kappa shape index (κ2) is 4.93. The summed E-state index contributed by atoms with van der Waals surface area (Å²) in [5.41, 5.74) is 0. The zero-order valence-corrected chi connectivity index (χ0v) is 11.5. The van der Waals surface area contributed by atoms with E-state index in [-0.39, 0.29) is 10.2 Å². The minimum atomic E-state index is -4.43.